The van der Waals surface area contributed by atoms with Crippen molar-refractivity contribution in [1.29, 1.82) is 0 Å². The standard InChI is InChI=1S/Co.K.Mn.Ni.O.H/q;+1;;;;-1. The average molecular weight is 229 g/mol. The molecule has 0 aromatic carbocycles. The Hall–Kier alpha value is 2.96. The molecule has 0 aromatic rings. The minimum absolute atomic E-state index is 0. The van der Waals surface area contributed by atoms with Crippen LogP contribution in [0.3, 0.4) is 0 Å². The molecule has 0 aromatic heterocycles. The van der Waals surface area contributed by atoms with Gasteiger partial charge in [0.2, 0.25) is 0 Å². The van der Waals surface area contributed by atoms with E-state index in [-0.39, 0.29) is 86.1 Å². The van der Waals surface area contributed by atoms with Gasteiger partial charge in [-0.3, -0.25) is 0 Å². The maximum absolute atomic E-state index is 8.06. The summed E-state index contributed by atoms with van der Waals surface area (Å²) in [6, 6.07) is 0. The van der Waals surface area contributed by atoms with Gasteiger partial charge in [-0.05, 0) is 0 Å². The van der Waals surface area contributed by atoms with E-state index in [4.69, 9.17) is 3.83 Å². The van der Waals surface area contributed by atoms with Crippen molar-refractivity contribution < 1.29 is 106 Å². The van der Waals surface area contributed by atoms with E-state index in [0.29, 0.717) is 0 Å². The third-order valence-corrected chi connectivity index (χ3v) is 0. The molecule has 1 radical (unpaired) electrons. The zero-order valence-corrected chi connectivity index (χ0v) is 8.77. The van der Waals surface area contributed by atoms with Crippen LogP contribution in [0.15, 0.2) is 0 Å². The van der Waals surface area contributed by atoms with Gasteiger partial charge in [-0.1, -0.05) is 0 Å². The van der Waals surface area contributed by atoms with E-state index in [1.165, 1.54) is 0 Å². The molecule has 0 amide bonds. The second-order valence-corrected chi connectivity index (χ2v) is 0. The predicted molar refractivity (Wildman–Crippen MR) is 1.80 cm³/mol. The van der Waals surface area contributed by atoms with Gasteiger partial charge in [-0.15, -0.1) is 0 Å². The Bertz CT molecular complexity index is 15.5. The Kier molecular flexibility index (Phi) is 139. The summed E-state index contributed by atoms with van der Waals surface area (Å²) in [6.45, 7) is 0. The molecule has 5 heavy (non-hydrogen) atoms. The van der Waals surface area contributed by atoms with Crippen LogP contribution in [0.2, 0.25) is 0 Å². The summed E-state index contributed by atoms with van der Waals surface area (Å²) >= 11 is 1.69. The third kappa shape index (κ3) is 19.6. The molecule has 0 atom stereocenters. The Balaban J connectivity index is -0.000000000833. The third-order valence-electron chi connectivity index (χ3n) is 0. The SMILES string of the molecule is [Co].[H-].[K+].[Ni].[O]=[Mn]. The number of rotatable bonds is 0. The Labute approximate surface area is 103 Å². The fourth-order valence-corrected chi connectivity index (χ4v) is 0. The van der Waals surface area contributed by atoms with Gasteiger partial charge in [0.1, 0.15) is 0 Å². The normalized spacial score (nSPS) is 0.800. The van der Waals surface area contributed by atoms with Crippen molar-refractivity contribution in [2.24, 2.45) is 0 Å². The van der Waals surface area contributed by atoms with Crippen LogP contribution in [0, 0.1) is 0 Å². The van der Waals surface area contributed by atoms with Crippen LogP contribution < -0.4 is 51.4 Å². The molecule has 1 nitrogen and oxygen atoms in total. The van der Waals surface area contributed by atoms with E-state index in [1.807, 2.05) is 0 Å². The minimum atomic E-state index is 0. The maximum atomic E-state index is 8.06. The van der Waals surface area contributed by atoms with E-state index < -0.39 is 0 Å². The molecular formula is HCoKMnNiO. The molecule has 0 fully saturated rings. The molecule has 0 saturated carbocycles. The molecule has 0 unspecified atom stereocenters. The van der Waals surface area contributed by atoms with Crippen molar-refractivity contribution in [2.75, 3.05) is 0 Å². The second kappa shape index (κ2) is 28.2. The molecule has 0 heterocycles. The molecule has 0 N–H and O–H groups in total. The monoisotopic (exact) mass is 228 g/mol. The van der Waals surface area contributed by atoms with Gasteiger partial charge >= 0.3 is 71.2 Å². The first-order valence-electron chi connectivity index (χ1n) is 0.154. The van der Waals surface area contributed by atoms with Crippen molar-refractivity contribution in [3.8, 4) is 0 Å². The molecule has 5 heteroatoms. The Morgan fingerprint density at radius 1 is 1.40 bits per heavy atom. The molecule has 0 rings (SSSR count). The second-order valence-electron chi connectivity index (χ2n) is 0. The molecule has 0 aliphatic carbocycles. The van der Waals surface area contributed by atoms with Crippen LogP contribution in [-0.2, 0) is 53.0 Å². The molecule has 34 valence electrons. The fourth-order valence-electron chi connectivity index (χ4n) is 0. The summed E-state index contributed by atoms with van der Waals surface area (Å²) in [5, 5.41) is 0. The van der Waals surface area contributed by atoms with Crippen LogP contribution in [0.25, 0.3) is 0 Å². The van der Waals surface area contributed by atoms with Gasteiger partial charge in [-0.25, -0.2) is 0 Å². The van der Waals surface area contributed by atoms with E-state index in [1.54, 1.807) is 15.9 Å². The van der Waals surface area contributed by atoms with Gasteiger partial charge in [0.15, 0.2) is 0 Å². The summed E-state index contributed by atoms with van der Waals surface area (Å²) in [6.07, 6.45) is 0. The summed E-state index contributed by atoms with van der Waals surface area (Å²) in [5.74, 6) is 0. The molecule has 0 aliphatic heterocycles. The van der Waals surface area contributed by atoms with Crippen molar-refractivity contribution in [3.05, 3.63) is 0 Å². The van der Waals surface area contributed by atoms with Gasteiger partial charge in [0, 0.05) is 33.3 Å². The molecule has 0 aliphatic rings. The fraction of sp³-hybridized carbons (Fsp3) is 0. The first-order valence-corrected chi connectivity index (χ1v) is 0.636. The van der Waals surface area contributed by atoms with Crippen LogP contribution in [0.4, 0.5) is 0 Å². The van der Waals surface area contributed by atoms with E-state index >= 15 is 0 Å². The van der Waals surface area contributed by atoms with Crippen LogP contribution in [0.5, 0.6) is 0 Å². The number of hydrogen-bond acceptors (Lipinski definition) is 1. The Morgan fingerprint density at radius 2 is 1.40 bits per heavy atom. The summed E-state index contributed by atoms with van der Waals surface area (Å²) < 4.78 is 8.06. The van der Waals surface area contributed by atoms with E-state index in [2.05, 4.69) is 0 Å². The average Bonchev–Trinajstić information content (AvgIpc) is 1.00. The predicted octanol–water partition coefficient (Wildman–Crippen LogP) is -3.01. The summed E-state index contributed by atoms with van der Waals surface area (Å²) in [5.41, 5.74) is 0. The molecule has 0 bridgehead atoms. The van der Waals surface area contributed by atoms with Crippen molar-refractivity contribution >= 4 is 0 Å². The quantitative estimate of drug-likeness (QED) is 0.404. The van der Waals surface area contributed by atoms with Gasteiger partial charge < -0.3 is 1.43 Å². The first kappa shape index (κ1) is 24.6. The van der Waals surface area contributed by atoms with Crippen LogP contribution in [-0.4, -0.2) is 0 Å². The van der Waals surface area contributed by atoms with Gasteiger partial charge in [0.05, 0.1) is 0 Å². The van der Waals surface area contributed by atoms with Crippen molar-refractivity contribution in [1.82, 2.24) is 0 Å². The van der Waals surface area contributed by atoms with Gasteiger partial charge in [-0.2, -0.15) is 0 Å². The molecule has 0 saturated heterocycles. The van der Waals surface area contributed by atoms with Gasteiger partial charge in [0.25, 0.3) is 0 Å². The van der Waals surface area contributed by atoms with Crippen LogP contribution >= 0.6 is 0 Å². The zero-order valence-electron chi connectivity index (χ0n) is 3.44. The van der Waals surface area contributed by atoms with E-state index in [0.717, 1.165) is 0 Å². The topological polar surface area (TPSA) is 17.1 Å². The number of hydrogen-bond donors (Lipinski definition) is 0. The zero-order chi connectivity index (χ0) is 2.00. The first-order chi connectivity index (χ1) is 1.00. The van der Waals surface area contributed by atoms with Crippen LogP contribution in [0.1, 0.15) is 1.43 Å². The Morgan fingerprint density at radius 3 is 1.40 bits per heavy atom. The molecular weight excluding hydrogens is 228 g/mol. The summed E-state index contributed by atoms with van der Waals surface area (Å²) in [4.78, 5) is 0. The van der Waals surface area contributed by atoms with Crippen molar-refractivity contribution in [3.63, 3.8) is 0 Å². The van der Waals surface area contributed by atoms with Crippen molar-refractivity contribution in [2.45, 2.75) is 0 Å². The summed E-state index contributed by atoms with van der Waals surface area (Å²) in [7, 11) is 0. The molecule has 0 spiro atoms. The van der Waals surface area contributed by atoms with E-state index in [9.17, 15) is 0 Å².